The smallest absolute Gasteiger partial charge is 0.271 e. The van der Waals surface area contributed by atoms with Gasteiger partial charge in [-0.3, -0.25) is 4.79 Å². The summed E-state index contributed by atoms with van der Waals surface area (Å²) in [5.41, 5.74) is 6.19. The fraction of sp³-hybridized carbons (Fsp3) is 0.385. The van der Waals surface area contributed by atoms with Crippen LogP contribution in [0.5, 0.6) is 0 Å². The predicted octanol–water partition coefficient (Wildman–Crippen LogP) is 0.157. The first kappa shape index (κ1) is 14.2. The average Bonchev–Trinajstić information content (AvgIpc) is 2.36. The van der Waals surface area contributed by atoms with Gasteiger partial charge in [0.25, 0.3) is 5.91 Å². The highest BCUT2D eigenvalue weighted by atomic mass is 16.5. The zero-order valence-corrected chi connectivity index (χ0v) is 10.6. The maximum atomic E-state index is 12.0. The lowest BCUT2D eigenvalue weighted by Crippen LogP contribution is -2.36. The summed E-state index contributed by atoms with van der Waals surface area (Å²) in [6, 6.07) is 3.39. The molecular weight excluding hydrogens is 230 g/mol. The van der Waals surface area contributed by atoms with E-state index >= 15 is 0 Å². The van der Waals surface area contributed by atoms with E-state index in [9.17, 15) is 4.79 Å². The SMILES string of the molecule is COCC(C)NC(=O)c1ncccc1C#CCN. The Morgan fingerprint density at radius 1 is 1.67 bits per heavy atom. The van der Waals surface area contributed by atoms with E-state index in [2.05, 4.69) is 22.1 Å². The van der Waals surface area contributed by atoms with Crippen LogP contribution in [0.4, 0.5) is 0 Å². The largest absolute Gasteiger partial charge is 0.383 e. The summed E-state index contributed by atoms with van der Waals surface area (Å²) < 4.78 is 4.96. The molecule has 5 nitrogen and oxygen atoms in total. The standard InChI is InChI=1S/C13H17N3O2/c1-10(9-18-2)16-13(17)12-11(5-3-7-14)6-4-8-15-12/h4,6,8,10H,7,9,14H2,1-2H3,(H,16,17). The van der Waals surface area contributed by atoms with Crippen LogP contribution >= 0.6 is 0 Å². The van der Waals surface area contributed by atoms with E-state index in [0.29, 0.717) is 17.9 Å². The van der Waals surface area contributed by atoms with Crippen LogP contribution in [-0.2, 0) is 4.74 Å². The molecule has 1 aromatic rings. The third-order valence-electron chi connectivity index (χ3n) is 2.14. The first-order valence-corrected chi connectivity index (χ1v) is 5.62. The summed E-state index contributed by atoms with van der Waals surface area (Å²) in [7, 11) is 1.58. The molecule has 0 fully saturated rings. The molecule has 0 aliphatic rings. The Labute approximate surface area is 107 Å². The van der Waals surface area contributed by atoms with Gasteiger partial charge in [-0.25, -0.2) is 4.98 Å². The predicted molar refractivity (Wildman–Crippen MR) is 69.0 cm³/mol. The van der Waals surface area contributed by atoms with Crippen molar-refractivity contribution >= 4 is 5.91 Å². The molecule has 0 aromatic carbocycles. The Morgan fingerprint density at radius 2 is 2.44 bits per heavy atom. The van der Waals surface area contributed by atoms with Crippen LogP contribution in [-0.4, -0.2) is 37.2 Å². The van der Waals surface area contributed by atoms with E-state index in [1.165, 1.54) is 0 Å². The second-order valence-electron chi connectivity index (χ2n) is 3.74. The number of pyridine rings is 1. The normalized spacial score (nSPS) is 11.3. The number of hydrogen-bond acceptors (Lipinski definition) is 4. The number of nitrogens with one attached hydrogen (secondary N) is 1. The molecule has 0 saturated carbocycles. The topological polar surface area (TPSA) is 77.2 Å². The highest BCUT2D eigenvalue weighted by Crippen LogP contribution is 2.04. The van der Waals surface area contributed by atoms with Crippen LogP contribution in [0.1, 0.15) is 23.0 Å². The molecule has 3 N–H and O–H groups in total. The Bertz CT molecular complexity index is 463. The van der Waals surface area contributed by atoms with Crippen molar-refractivity contribution in [3.05, 3.63) is 29.6 Å². The minimum absolute atomic E-state index is 0.0835. The molecule has 0 spiro atoms. The van der Waals surface area contributed by atoms with Crippen molar-refractivity contribution in [2.45, 2.75) is 13.0 Å². The second kappa shape index (κ2) is 7.43. The molecular formula is C13H17N3O2. The minimum atomic E-state index is -0.263. The maximum absolute atomic E-state index is 12.0. The zero-order valence-electron chi connectivity index (χ0n) is 10.6. The molecule has 0 aliphatic carbocycles. The Hall–Kier alpha value is -1.90. The van der Waals surface area contributed by atoms with E-state index in [0.717, 1.165) is 0 Å². The van der Waals surface area contributed by atoms with Gasteiger partial charge < -0.3 is 15.8 Å². The average molecular weight is 247 g/mol. The van der Waals surface area contributed by atoms with Crippen molar-refractivity contribution in [1.82, 2.24) is 10.3 Å². The molecule has 1 heterocycles. The summed E-state index contributed by atoms with van der Waals surface area (Å²) in [5.74, 6) is 5.28. The first-order chi connectivity index (χ1) is 8.69. The van der Waals surface area contributed by atoms with Crippen LogP contribution in [0.3, 0.4) is 0 Å². The van der Waals surface area contributed by atoms with E-state index in [-0.39, 0.29) is 18.5 Å². The number of hydrogen-bond donors (Lipinski definition) is 2. The van der Waals surface area contributed by atoms with E-state index in [1.54, 1.807) is 25.4 Å². The van der Waals surface area contributed by atoms with Crippen molar-refractivity contribution in [1.29, 1.82) is 0 Å². The van der Waals surface area contributed by atoms with Crippen LogP contribution < -0.4 is 11.1 Å². The van der Waals surface area contributed by atoms with Crippen LogP contribution in [0.15, 0.2) is 18.3 Å². The van der Waals surface area contributed by atoms with E-state index in [1.807, 2.05) is 6.92 Å². The van der Waals surface area contributed by atoms with Gasteiger partial charge in [0.15, 0.2) is 0 Å². The van der Waals surface area contributed by atoms with Gasteiger partial charge in [-0.05, 0) is 19.1 Å². The molecule has 1 rings (SSSR count). The number of nitrogens with two attached hydrogens (primary N) is 1. The van der Waals surface area contributed by atoms with Crippen LogP contribution in [0.25, 0.3) is 0 Å². The van der Waals surface area contributed by atoms with Gasteiger partial charge in [0.05, 0.1) is 18.7 Å². The van der Waals surface area contributed by atoms with Gasteiger partial charge in [-0.15, -0.1) is 0 Å². The molecule has 1 aromatic heterocycles. The molecule has 0 radical (unpaired) electrons. The maximum Gasteiger partial charge on any atom is 0.271 e. The molecule has 5 heteroatoms. The molecule has 1 unspecified atom stereocenters. The molecule has 1 amide bonds. The lowest BCUT2D eigenvalue weighted by Gasteiger charge is -2.12. The Morgan fingerprint density at radius 3 is 3.11 bits per heavy atom. The number of rotatable bonds is 4. The van der Waals surface area contributed by atoms with Crippen molar-refractivity contribution < 1.29 is 9.53 Å². The summed E-state index contributed by atoms with van der Waals surface area (Å²) >= 11 is 0. The summed E-state index contributed by atoms with van der Waals surface area (Å²) in [6.45, 7) is 2.55. The molecule has 96 valence electrons. The Kier molecular flexibility index (Phi) is 5.85. The number of carbonyl (C=O) groups excluding carboxylic acids is 1. The highest BCUT2D eigenvalue weighted by Gasteiger charge is 2.13. The summed E-state index contributed by atoms with van der Waals surface area (Å²) in [6.07, 6.45) is 1.56. The van der Waals surface area contributed by atoms with Gasteiger partial charge in [0.1, 0.15) is 5.69 Å². The first-order valence-electron chi connectivity index (χ1n) is 5.62. The fourth-order valence-electron chi connectivity index (χ4n) is 1.42. The lowest BCUT2D eigenvalue weighted by molar-refractivity contribution is 0.0900. The Balaban J connectivity index is 2.85. The van der Waals surface area contributed by atoms with E-state index < -0.39 is 0 Å². The number of nitrogens with zero attached hydrogens (tertiary/aromatic N) is 1. The van der Waals surface area contributed by atoms with Crippen LogP contribution in [0, 0.1) is 11.8 Å². The van der Waals surface area contributed by atoms with Gasteiger partial charge >= 0.3 is 0 Å². The minimum Gasteiger partial charge on any atom is -0.383 e. The van der Waals surface area contributed by atoms with Gasteiger partial charge in [0.2, 0.25) is 0 Å². The number of carbonyl (C=O) groups is 1. The third kappa shape index (κ3) is 4.17. The third-order valence-corrected chi connectivity index (χ3v) is 2.14. The highest BCUT2D eigenvalue weighted by molar-refractivity contribution is 5.94. The molecule has 0 bridgehead atoms. The van der Waals surface area contributed by atoms with Gasteiger partial charge in [-0.2, -0.15) is 0 Å². The molecule has 0 aliphatic heterocycles. The van der Waals surface area contributed by atoms with Crippen molar-refractivity contribution in [2.24, 2.45) is 5.73 Å². The summed E-state index contributed by atoms with van der Waals surface area (Å²) in [4.78, 5) is 16.0. The quantitative estimate of drug-likeness (QED) is 0.743. The number of aromatic nitrogens is 1. The van der Waals surface area contributed by atoms with Crippen molar-refractivity contribution in [3.8, 4) is 11.8 Å². The van der Waals surface area contributed by atoms with Gasteiger partial charge in [-0.1, -0.05) is 11.8 Å². The molecule has 0 saturated heterocycles. The lowest BCUT2D eigenvalue weighted by atomic mass is 10.2. The fourth-order valence-corrected chi connectivity index (χ4v) is 1.42. The van der Waals surface area contributed by atoms with Crippen LogP contribution in [0.2, 0.25) is 0 Å². The molecule has 1 atom stereocenters. The van der Waals surface area contributed by atoms with Gasteiger partial charge in [0, 0.05) is 19.3 Å². The van der Waals surface area contributed by atoms with Crippen molar-refractivity contribution in [2.75, 3.05) is 20.3 Å². The zero-order chi connectivity index (χ0) is 13.4. The number of amides is 1. The second-order valence-corrected chi connectivity index (χ2v) is 3.74. The summed E-state index contributed by atoms with van der Waals surface area (Å²) in [5, 5.41) is 2.79. The number of methoxy groups -OCH3 is 1. The monoisotopic (exact) mass is 247 g/mol. The van der Waals surface area contributed by atoms with Crippen molar-refractivity contribution in [3.63, 3.8) is 0 Å². The molecule has 18 heavy (non-hydrogen) atoms. The van der Waals surface area contributed by atoms with E-state index in [4.69, 9.17) is 10.5 Å². The number of ether oxygens (including phenoxy) is 1.